The number of rotatable bonds is 12. The third kappa shape index (κ3) is 5.65. The number of imide groups is 1. The van der Waals surface area contributed by atoms with Crippen LogP contribution in [0.1, 0.15) is 46.9 Å². The van der Waals surface area contributed by atoms with Crippen molar-refractivity contribution in [2.24, 2.45) is 0 Å². The molecular formula is C18H25N3O6. The fourth-order valence-corrected chi connectivity index (χ4v) is 2.78. The minimum atomic E-state index is -0.897. The highest BCUT2D eigenvalue weighted by Gasteiger charge is 2.35. The van der Waals surface area contributed by atoms with Crippen LogP contribution in [0.15, 0.2) is 18.2 Å². The van der Waals surface area contributed by atoms with E-state index in [0.717, 1.165) is 30.8 Å². The van der Waals surface area contributed by atoms with Gasteiger partial charge in [0.2, 0.25) is 0 Å². The zero-order chi connectivity index (χ0) is 19.8. The molecule has 0 aromatic heterocycles. The monoisotopic (exact) mass is 379 g/mol. The highest BCUT2D eigenvalue weighted by molar-refractivity contribution is 6.21. The average molecular weight is 379 g/mol. The summed E-state index contributed by atoms with van der Waals surface area (Å²) in [7, 11) is 2.03. The van der Waals surface area contributed by atoms with Gasteiger partial charge in [-0.25, -0.2) is 0 Å². The lowest BCUT2D eigenvalue weighted by atomic mass is 10.1. The second-order valence-corrected chi connectivity index (χ2v) is 6.39. The maximum absolute atomic E-state index is 12.5. The van der Waals surface area contributed by atoms with Crippen LogP contribution in [0.4, 0.5) is 0 Å². The first-order valence-corrected chi connectivity index (χ1v) is 9.03. The molecule has 0 spiro atoms. The molecule has 1 aliphatic heterocycles. The first-order valence-electron chi connectivity index (χ1n) is 9.03. The van der Waals surface area contributed by atoms with Crippen molar-refractivity contribution in [1.82, 2.24) is 9.80 Å². The topological polar surface area (TPSA) is 102 Å². The average Bonchev–Trinajstić information content (AvgIpc) is 2.87. The number of hydrogen-bond acceptors (Lipinski definition) is 7. The Kier molecular flexibility index (Phi) is 7.54. The van der Waals surface area contributed by atoms with E-state index < -0.39 is 16.9 Å². The summed E-state index contributed by atoms with van der Waals surface area (Å²) in [6.07, 6.45) is 2.47. The highest BCUT2D eigenvalue weighted by atomic mass is 16.9. The summed E-state index contributed by atoms with van der Waals surface area (Å²) < 4.78 is 5.71. The maximum atomic E-state index is 12.5. The molecule has 27 heavy (non-hydrogen) atoms. The molecule has 1 heterocycles. The Hall–Kier alpha value is -2.68. The summed E-state index contributed by atoms with van der Waals surface area (Å²) in [5.74, 6) is -0.277. The zero-order valence-corrected chi connectivity index (χ0v) is 15.7. The third-order valence-corrected chi connectivity index (χ3v) is 4.30. The minimum absolute atomic E-state index is 0.0681. The van der Waals surface area contributed by atoms with E-state index >= 15 is 0 Å². The van der Waals surface area contributed by atoms with E-state index in [2.05, 4.69) is 16.7 Å². The van der Waals surface area contributed by atoms with Crippen LogP contribution < -0.4 is 4.74 Å². The number of benzene rings is 1. The molecule has 1 aliphatic rings. The lowest BCUT2D eigenvalue weighted by molar-refractivity contribution is -0.757. The molecule has 2 rings (SSSR count). The van der Waals surface area contributed by atoms with E-state index in [9.17, 15) is 19.7 Å². The molecule has 1 aromatic carbocycles. The molecule has 0 unspecified atom stereocenters. The number of amides is 2. The molecule has 0 atom stereocenters. The third-order valence-electron chi connectivity index (χ3n) is 4.30. The molecule has 2 amide bonds. The van der Waals surface area contributed by atoms with Gasteiger partial charge in [-0.15, -0.1) is 10.1 Å². The van der Waals surface area contributed by atoms with Gasteiger partial charge >= 0.3 is 0 Å². The van der Waals surface area contributed by atoms with Gasteiger partial charge in [0, 0.05) is 13.1 Å². The van der Waals surface area contributed by atoms with Crippen LogP contribution in [0.25, 0.3) is 0 Å². The van der Waals surface area contributed by atoms with Gasteiger partial charge in [-0.05, 0) is 44.6 Å². The van der Waals surface area contributed by atoms with E-state index in [-0.39, 0.29) is 19.6 Å². The summed E-state index contributed by atoms with van der Waals surface area (Å²) >= 11 is 0. The molecule has 0 saturated carbocycles. The molecular weight excluding hydrogens is 354 g/mol. The Morgan fingerprint density at radius 2 is 1.85 bits per heavy atom. The molecule has 0 fully saturated rings. The van der Waals surface area contributed by atoms with Crippen LogP contribution >= 0.6 is 0 Å². The standard InChI is InChI=1S/C18H25N3O6/c1-3-4-8-19(2)10-12-26-14-6-7-15-16(13-14)18(23)20(17(15)22)9-5-11-27-21(24)25/h6-7,13H,3-5,8-12H2,1-2H3. The van der Waals surface area contributed by atoms with E-state index in [1.165, 1.54) is 0 Å². The molecule has 0 bridgehead atoms. The molecule has 0 saturated heterocycles. The Morgan fingerprint density at radius 1 is 1.11 bits per heavy atom. The van der Waals surface area contributed by atoms with Gasteiger partial charge in [-0.2, -0.15) is 0 Å². The number of nitrogens with zero attached hydrogens (tertiary/aromatic N) is 3. The van der Waals surface area contributed by atoms with Gasteiger partial charge in [0.05, 0.1) is 17.7 Å². The van der Waals surface area contributed by atoms with E-state index in [1.807, 2.05) is 7.05 Å². The van der Waals surface area contributed by atoms with Crippen molar-refractivity contribution >= 4 is 11.8 Å². The molecule has 0 radical (unpaired) electrons. The number of hydrogen-bond donors (Lipinski definition) is 0. The van der Waals surface area contributed by atoms with Crippen molar-refractivity contribution in [3.05, 3.63) is 39.4 Å². The molecule has 148 valence electrons. The lowest BCUT2D eigenvalue weighted by Crippen LogP contribution is -2.31. The number of ether oxygens (including phenoxy) is 1. The summed E-state index contributed by atoms with van der Waals surface area (Å²) in [6, 6.07) is 4.84. The van der Waals surface area contributed by atoms with Crippen molar-refractivity contribution in [3.8, 4) is 5.75 Å². The van der Waals surface area contributed by atoms with Crippen LogP contribution in [-0.2, 0) is 4.84 Å². The summed E-state index contributed by atoms with van der Waals surface area (Å²) in [5.41, 5.74) is 0.620. The quantitative estimate of drug-likeness (QED) is 0.237. The van der Waals surface area contributed by atoms with Gasteiger partial charge in [0.1, 0.15) is 12.4 Å². The van der Waals surface area contributed by atoms with Crippen molar-refractivity contribution in [2.45, 2.75) is 26.2 Å². The van der Waals surface area contributed by atoms with Crippen molar-refractivity contribution in [1.29, 1.82) is 0 Å². The largest absolute Gasteiger partial charge is 0.492 e. The van der Waals surface area contributed by atoms with Crippen LogP contribution in [0.5, 0.6) is 5.75 Å². The van der Waals surface area contributed by atoms with Gasteiger partial charge in [-0.1, -0.05) is 13.3 Å². The van der Waals surface area contributed by atoms with Gasteiger partial charge in [0.25, 0.3) is 16.9 Å². The lowest BCUT2D eigenvalue weighted by Gasteiger charge is -2.16. The minimum Gasteiger partial charge on any atom is -0.492 e. The molecule has 1 aromatic rings. The Bertz CT molecular complexity index is 694. The number of carbonyl (C=O) groups is 2. The maximum Gasteiger partial charge on any atom is 0.294 e. The van der Waals surface area contributed by atoms with Gasteiger partial charge in [-0.3, -0.25) is 14.5 Å². The fraction of sp³-hybridized carbons (Fsp3) is 0.556. The highest BCUT2D eigenvalue weighted by Crippen LogP contribution is 2.27. The van der Waals surface area contributed by atoms with E-state index in [0.29, 0.717) is 23.5 Å². The predicted molar refractivity (Wildman–Crippen MR) is 97.3 cm³/mol. The summed E-state index contributed by atoms with van der Waals surface area (Å²) in [6.45, 7) is 4.31. The van der Waals surface area contributed by atoms with E-state index in [4.69, 9.17) is 4.74 Å². The van der Waals surface area contributed by atoms with Gasteiger partial charge in [0.15, 0.2) is 0 Å². The molecule has 0 N–H and O–H groups in total. The van der Waals surface area contributed by atoms with Crippen molar-refractivity contribution in [3.63, 3.8) is 0 Å². The van der Waals surface area contributed by atoms with Crippen LogP contribution in [0, 0.1) is 10.1 Å². The second kappa shape index (κ2) is 9.86. The molecule has 9 nitrogen and oxygen atoms in total. The van der Waals surface area contributed by atoms with Crippen LogP contribution in [0.3, 0.4) is 0 Å². The van der Waals surface area contributed by atoms with Gasteiger partial charge < -0.3 is 14.5 Å². The SMILES string of the molecule is CCCCN(C)CCOc1ccc2c(c1)C(=O)N(CCCO[N+](=O)[O-])C2=O. The smallest absolute Gasteiger partial charge is 0.294 e. The summed E-state index contributed by atoms with van der Waals surface area (Å²) in [5, 5.41) is 9.24. The number of unbranched alkanes of at least 4 members (excludes halogenated alkanes) is 1. The van der Waals surface area contributed by atoms with Crippen LogP contribution in [0.2, 0.25) is 0 Å². The zero-order valence-electron chi connectivity index (χ0n) is 15.7. The molecule has 9 heteroatoms. The number of fused-ring (bicyclic) bond motifs is 1. The Labute approximate surface area is 157 Å². The van der Waals surface area contributed by atoms with Crippen molar-refractivity contribution < 1.29 is 24.3 Å². The predicted octanol–water partition coefficient (Wildman–Crippen LogP) is 1.99. The molecule has 0 aliphatic carbocycles. The second-order valence-electron chi connectivity index (χ2n) is 6.39. The summed E-state index contributed by atoms with van der Waals surface area (Å²) in [4.78, 5) is 42.4. The first kappa shape index (κ1) is 20.6. The van der Waals surface area contributed by atoms with Crippen LogP contribution in [-0.4, -0.2) is 66.6 Å². The van der Waals surface area contributed by atoms with Crippen molar-refractivity contribution in [2.75, 3.05) is 39.9 Å². The number of carbonyl (C=O) groups excluding carboxylic acids is 2. The Morgan fingerprint density at radius 3 is 2.56 bits per heavy atom. The normalized spacial score (nSPS) is 13.2. The fourth-order valence-electron chi connectivity index (χ4n) is 2.78. The van der Waals surface area contributed by atoms with E-state index in [1.54, 1.807) is 18.2 Å². The number of likely N-dealkylation sites (N-methyl/N-ethyl adjacent to an activating group) is 1. The first-order chi connectivity index (χ1) is 12.9. The Balaban J connectivity index is 1.89.